The van der Waals surface area contributed by atoms with E-state index in [0.717, 1.165) is 29.2 Å². The highest BCUT2D eigenvalue weighted by molar-refractivity contribution is 6.31. The summed E-state index contributed by atoms with van der Waals surface area (Å²) in [6.45, 7) is 8.38. The molecule has 0 unspecified atom stereocenters. The smallest absolute Gasteiger partial charge is 0.259 e. The number of carbonyl (C=O) groups excluding carboxylic acids is 1. The summed E-state index contributed by atoms with van der Waals surface area (Å²) in [5, 5.41) is 7.91. The standard InChI is InChI=1S/C15H18ClN3O/c1-5-19-11(4)14(10(3)18-19)15(20)17-13-8-6-7-12(16)9(13)2/h6-8H,5H2,1-4H3,(H,17,20). The third-order valence-corrected chi connectivity index (χ3v) is 3.83. The van der Waals surface area contributed by atoms with Crippen LogP contribution in [-0.4, -0.2) is 15.7 Å². The van der Waals surface area contributed by atoms with E-state index in [9.17, 15) is 4.79 Å². The fourth-order valence-electron chi connectivity index (χ4n) is 2.26. The van der Waals surface area contributed by atoms with Crippen molar-refractivity contribution in [3.63, 3.8) is 0 Å². The number of hydrogen-bond donors (Lipinski definition) is 1. The van der Waals surface area contributed by atoms with Gasteiger partial charge in [0.25, 0.3) is 5.91 Å². The lowest BCUT2D eigenvalue weighted by Gasteiger charge is -2.09. The van der Waals surface area contributed by atoms with Crippen LogP contribution in [-0.2, 0) is 6.54 Å². The average molecular weight is 292 g/mol. The van der Waals surface area contributed by atoms with E-state index in [2.05, 4.69) is 10.4 Å². The quantitative estimate of drug-likeness (QED) is 0.936. The van der Waals surface area contributed by atoms with Crippen LogP contribution in [0.2, 0.25) is 5.02 Å². The molecule has 0 aliphatic rings. The molecule has 0 atom stereocenters. The summed E-state index contributed by atoms with van der Waals surface area (Å²) in [6, 6.07) is 5.46. The minimum absolute atomic E-state index is 0.148. The van der Waals surface area contributed by atoms with Crippen LogP contribution in [0.1, 0.15) is 34.2 Å². The largest absolute Gasteiger partial charge is 0.322 e. The number of amides is 1. The highest BCUT2D eigenvalue weighted by Crippen LogP contribution is 2.24. The lowest BCUT2D eigenvalue weighted by molar-refractivity contribution is 0.102. The summed E-state index contributed by atoms with van der Waals surface area (Å²) >= 11 is 6.06. The minimum atomic E-state index is -0.148. The van der Waals surface area contributed by atoms with Crippen molar-refractivity contribution in [2.45, 2.75) is 34.2 Å². The molecule has 0 radical (unpaired) electrons. The lowest BCUT2D eigenvalue weighted by Crippen LogP contribution is -2.15. The van der Waals surface area contributed by atoms with Crippen molar-refractivity contribution in [3.8, 4) is 0 Å². The molecule has 0 spiro atoms. The maximum Gasteiger partial charge on any atom is 0.259 e. The molecule has 1 aromatic carbocycles. The van der Waals surface area contributed by atoms with E-state index in [1.807, 2.05) is 44.5 Å². The Hall–Kier alpha value is -1.81. The van der Waals surface area contributed by atoms with Crippen LogP contribution in [0.15, 0.2) is 18.2 Å². The fourth-order valence-corrected chi connectivity index (χ4v) is 2.44. The van der Waals surface area contributed by atoms with E-state index in [1.165, 1.54) is 0 Å². The molecule has 0 fully saturated rings. The Kier molecular flexibility index (Phi) is 4.14. The fraction of sp³-hybridized carbons (Fsp3) is 0.333. The van der Waals surface area contributed by atoms with Gasteiger partial charge in [-0.15, -0.1) is 0 Å². The normalized spacial score (nSPS) is 10.7. The van der Waals surface area contributed by atoms with Gasteiger partial charge < -0.3 is 5.32 Å². The molecule has 1 amide bonds. The number of benzene rings is 1. The molecule has 20 heavy (non-hydrogen) atoms. The maximum absolute atomic E-state index is 12.4. The second-order valence-corrected chi connectivity index (χ2v) is 5.14. The number of nitrogens with zero attached hydrogens (tertiary/aromatic N) is 2. The SMILES string of the molecule is CCn1nc(C)c(C(=O)Nc2cccc(Cl)c2C)c1C. The van der Waals surface area contributed by atoms with Gasteiger partial charge in [-0.25, -0.2) is 0 Å². The lowest BCUT2D eigenvalue weighted by atomic mass is 10.1. The van der Waals surface area contributed by atoms with Crippen molar-refractivity contribution < 1.29 is 4.79 Å². The first kappa shape index (κ1) is 14.6. The molecular weight excluding hydrogens is 274 g/mol. The summed E-state index contributed by atoms with van der Waals surface area (Å²) in [7, 11) is 0. The number of halogens is 1. The van der Waals surface area contributed by atoms with Gasteiger partial charge in [0.05, 0.1) is 11.3 Å². The van der Waals surface area contributed by atoms with Gasteiger partial charge in [-0.1, -0.05) is 17.7 Å². The molecule has 2 aromatic rings. The van der Waals surface area contributed by atoms with Crippen LogP contribution in [0.3, 0.4) is 0 Å². The Bertz CT molecular complexity index is 661. The van der Waals surface area contributed by atoms with Crippen LogP contribution in [0.5, 0.6) is 0 Å². The zero-order valence-corrected chi connectivity index (χ0v) is 12.9. The number of anilines is 1. The number of aryl methyl sites for hydroxylation is 2. The number of carbonyl (C=O) groups is 1. The first-order chi connectivity index (χ1) is 9.45. The van der Waals surface area contributed by atoms with Crippen molar-refractivity contribution in [2.75, 3.05) is 5.32 Å². The Balaban J connectivity index is 2.33. The van der Waals surface area contributed by atoms with Crippen molar-refractivity contribution in [2.24, 2.45) is 0 Å². The zero-order valence-electron chi connectivity index (χ0n) is 12.1. The summed E-state index contributed by atoms with van der Waals surface area (Å²) in [4.78, 5) is 12.4. The maximum atomic E-state index is 12.4. The third-order valence-electron chi connectivity index (χ3n) is 3.42. The first-order valence-corrected chi connectivity index (χ1v) is 6.94. The number of rotatable bonds is 3. The number of nitrogens with one attached hydrogen (secondary N) is 1. The van der Waals surface area contributed by atoms with Crippen molar-refractivity contribution >= 4 is 23.2 Å². The minimum Gasteiger partial charge on any atom is -0.322 e. The topological polar surface area (TPSA) is 46.9 Å². The first-order valence-electron chi connectivity index (χ1n) is 6.56. The van der Waals surface area contributed by atoms with Crippen LogP contribution in [0.25, 0.3) is 0 Å². The molecule has 1 N–H and O–H groups in total. The summed E-state index contributed by atoms with van der Waals surface area (Å²) < 4.78 is 1.83. The van der Waals surface area contributed by atoms with Crippen LogP contribution in [0.4, 0.5) is 5.69 Å². The highest BCUT2D eigenvalue weighted by atomic mass is 35.5. The zero-order chi connectivity index (χ0) is 14.9. The van der Waals surface area contributed by atoms with Gasteiger partial charge in [-0.3, -0.25) is 9.48 Å². The van der Waals surface area contributed by atoms with Crippen molar-refractivity contribution in [1.29, 1.82) is 0 Å². The van der Waals surface area contributed by atoms with E-state index < -0.39 is 0 Å². The van der Waals surface area contributed by atoms with Crippen LogP contribution >= 0.6 is 11.6 Å². The molecule has 2 rings (SSSR count). The number of aromatic nitrogens is 2. The van der Waals surface area contributed by atoms with E-state index in [4.69, 9.17) is 11.6 Å². The van der Waals surface area contributed by atoms with E-state index in [1.54, 1.807) is 6.07 Å². The predicted molar refractivity (Wildman–Crippen MR) is 81.5 cm³/mol. The van der Waals surface area contributed by atoms with Gasteiger partial charge >= 0.3 is 0 Å². The molecule has 0 bridgehead atoms. The molecular formula is C15H18ClN3O. The van der Waals surface area contributed by atoms with Gasteiger partial charge in [0, 0.05) is 22.9 Å². The van der Waals surface area contributed by atoms with Gasteiger partial charge in [0.1, 0.15) is 0 Å². The van der Waals surface area contributed by atoms with Crippen LogP contribution < -0.4 is 5.32 Å². The van der Waals surface area contributed by atoms with E-state index in [-0.39, 0.29) is 5.91 Å². The predicted octanol–water partition coefficient (Wildman–Crippen LogP) is 3.73. The van der Waals surface area contributed by atoms with Gasteiger partial charge in [-0.05, 0) is 45.4 Å². The average Bonchev–Trinajstić information content (AvgIpc) is 2.69. The Labute approximate surface area is 123 Å². The summed E-state index contributed by atoms with van der Waals surface area (Å²) in [5.41, 5.74) is 3.83. The van der Waals surface area contributed by atoms with Crippen molar-refractivity contribution in [3.05, 3.63) is 45.7 Å². The Morgan fingerprint density at radius 3 is 2.65 bits per heavy atom. The summed E-state index contributed by atoms with van der Waals surface area (Å²) in [6.07, 6.45) is 0. The van der Waals surface area contributed by atoms with Crippen LogP contribution in [0, 0.1) is 20.8 Å². The highest BCUT2D eigenvalue weighted by Gasteiger charge is 2.18. The van der Waals surface area contributed by atoms with Gasteiger partial charge in [-0.2, -0.15) is 5.10 Å². The molecule has 0 aliphatic carbocycles. The second-order valence-electron chi connectivity index (χ2n) is 4.73. The molecule has 0 saturated heterocycles. The molecule has 4 nitrogen and oxygen atoms in total. The molecule has 106 valence electrons. The molecule has 1 aromatic heterocycles. The monoisotopic (exact) mass is 291 g/mol. The van der Waals surface area contributed by atoms with Gasteiger partial charge in [0.15, 0.2) is 0 Å². The Morgan fingerprint density at radius 2 is 2.05 bits per heavy atom. The third kappa shape index (κ3) is 2.56. The molecule has 5 heteroatoms. The molecule has 0 saturated carbocycles. The number of hydrogen-bond acceptors (Lipinski definition) is 2. The second kappa shape index (κ2) is 5.67. The van der Waals surface area contributed by atoms with E-state index in [0.29, 0.717) is 10.6 Å². The summed E-state index contributed by atoms with van der Waals surface area (Å²) in [5.74, 6) is -0.148. The Morgan fingerprint density at radius 1 is 1.35 bits per heavy atom. The molecule has 0 aliphatic heterocycles. The van der Waals surface area contributed by atoms with Crippen molar-refractivity contribution in [1.82, 2.24) is 9.78 Å². The molecule has 1 heterocycles. The van der Waals surface area contributed by atoms with Gasteiger partial charge in [0.2, 0.25) is 0 Å². The van der Waals surface area contributed by atoms with E-state index >= 15 is 0 Å².